The van der Waals surface area contributed by atoms with Gasteiger partial charge in [-0.3, -0.25) is 0 Å². The monoisotopic (exact) mass is 191 g/mol. The Labute approximate surface area is 81.9 Å². The van der Waals surface area contributed by atoms with Crippen molar-refractivity contribution in [3.05, 3.63) is 29.6 Å². The van der Waals surface area contributed by atoms with Gasteiger partial charge in [0.2, 0.25) is 0 Å². The van der Waals surface area contributed by atoms with Gasteiger partial charge in [0.1, 0.15) is 0 Å². The van der Waals surface area contributed by atoms with Gasteiger partial charge >= 0.3 is 0 Å². The summed E-state index contributed by atoms with van der Waals surface area (Å²) in [6, 6.07) is 6.66. The van der Waals surface area contributed by atoms with Crippen LogP contribution in [-0.2, 0) is 6.42 Å². The quantitative estimate of drug-likeness (QED) is 0.735. The first kappa shape index (κ1) is 9.01. The summed E-state index contributed by atoms with van der Waals surface area (Å²) in [7, 11) is 0. The molecule has 0 saturated heterocycles. The number of ether oxygens (including phenoxy) is 1. The molecule has 0 spiro atoms. The van der Waals surface area contributed by atoms with Crippen LogP contribution in [0.2, 0.25) is 0 Å². The first-order valence-electron chi connectivity index (χ1n) is 4.61. The van der Waals surface area contributed by atoms with Crippen molar-refractivity contribution in [1.29, 1.82) is 5.26 Å². The van der Waals surface area contributed by atoms with E-state index >= 15 is 0 Å². The minimum Gasteiger partial charge on any atom is -0.487 e. The zero-order valence-electron chi connectivity index (χ0n) is 7.66. The molecular weight excluding hydrogens is 181 g/mol. The van der Waals surface area contributed by atoms with Crippen molar-refractivity contribution >= 4 is 0 Å². The summed E-state index contributed by atoms with van der Waals surface area (Å²) >= 11 is 0. The predicted octanol–water partition coefficient (Wildman–Crippen LogP) is 2.43. The number of hydrogen-bond donors (Lipinski definition) is 0. The summed E-state index contributed by atoms with van der Waals surface area (Å²) in [5.74, 6) is -0.0705. The van der Waals surface area contributed by atoms with E-state index in [1.54, 1.807) is 12.1 Å². The highest BCUT2D eigenvalue weighted by molar-refractivity contribution is 5.31. The van der Waals surface area contributed by atoms with Gasteiger partial charge in [0, 0.05) is 0 Å². The molecule has 0 unspecified atom stereocenters. The normalized spacial score (nSPS) is 14.9. The third-order valence-corrected chi connectivity index (χ3v) is 2.10. The van der Waals surface area contributed by atoms with E-state index in [9.17, 15) is 4.39 Å². The van der Waals surface area contributed by atoms with E-state index in [-0.39, 0.29) is 18.3 Å². The third-order valence-electron chi connectivity index (χ3n) is 2.10. The molecule has 1 aromatic carbocycles. The maximum atomic E-state index is 13.3. The molecule has 14 heavy (non-hydrogen) atoms. The number of halogens is 1. The lowest BCUT2D eigenvalue weighted by Gasteiger charge is -2.05. The molecule has 0 bridgehead atoms. The van der Waals surface area contributed by atoms with Crippen molar-refractivity contribution in [2.24, 2.45) is 0 Å². The Bertz CT molecular complexity index is 379. The second kappa shape index (κ2) is 3.67. The molecule has 1 aliphatic carbocycles. The lowest BCUT2D eigenvalue weighted by molar-refractivity contribution is 0.287. The van der Waals surface area contributed by atoms with E-state index in [4.69, 9.17) is 10.00 Å². The highest BCUT2D eigenvalue weighted by Gasteiger charge is 2.24. The molecule has 1 aliphatic rings. The zero-order chi connectivity index (χ0) is 9.97. The summed E-state index contributed by atoms with van der Waals surface area (Å²) in [4.78, 5) is 0. The molecule has 2 rings (SSSR count). The Morgan fingerprint density at radius 1 is 1.50 bits per heavy atom. The second-order valence-electron chi connectivity index (χ2n) is 3.42. The van der Waals surface area contributed by atoms with Gasteiger partial charge in [-0.15, -0.1) is 0 Å². The van der Waals surface area contributed by atoms with E-state index in [1.165, 1.54) is 6.07 Å². The van der Waals surface area contributed by atoms with Crippen molar-refractivity contribution in [1.82, 2.24) is 0 Å². The van der Waals surface area contributed by atoms with Crippen LogP contribution in [0.1, 0.15) is 18.4 Å². The van der Waals surface area contributed by atoms with E-state index in [0.29, 0.717) is 11.3 Å². The largest absolute Gasteiger partial charge is 0.487 e. The van der Waals surface area contributed by atoms with Gasteiger partial charge in [-0.2, -0.15) is 5.26 Å². The smallest absolute Gasteiger partial charge is 0.165 e. The molecule has 0 atom stereocenters. The highest BCUT2D eigenvalue weighted by atomic mass is 19.1. The fourth-order valence-corrected chi connectivity index (χ4v) is 1.21. The molecule has 0 aliphatic heterocycles. The van der Waals surface area contributed by atoms with Crippen LogP contribution in [0.15, 0.2) is 18.2 Å². The topological polar surface area (TPSA) is 33.0 Å². The van der Waals surface area contributed by atoms with E-state index in [2.05, 4.69) is 0 Å². The average Bonchev–Trinajstić information content (AvgIpc) is 2.94. The van der Waals surface area contributed by atoms with E-state index < -0.39 is 0 Å². The second-order valence-corrected chi connectivity index (χ2v) is 3.42. The van der Waals surface area contributed by atoms with Crippen molar-refractivity contribution < 1.29 is 9.13 Å². The number of hydrogen-bond acceptors (Lipinski definition) is 2. The zero-order valence-corrected chi connectivity index (χ0v) is 7.66. The van der Waals surface area contributed by atoms with Crippen LogP contribution in [-0.4, -0.2) is 6.10 Å². The fourth-order valence-electron chi connectivity index (χ4n) is 1.21. The molecular formula is C11H10FNO. The maximum Gasteiger partial charge on any atom is 0.165 e. The van der Waals surface area contributed by atoms with E-state index in [0.717, 1.165) is 12.8 Å². The van der Waals surface area contributed by atoms with Gasteiger partial charge in [-0.05, 0) is 30.5 Å². The third kappa shape index (κ3) is 2.02. The van der Waals surface area contributed by atoms with Crippen LogP contribution < -0.4 is 4.74 Å². The van der Waals surface area contributed by atoms with E-state index in [1.807, 2.05) is 6.07 Å². The average molecular weight is 191 g/mol. The van der Waals surface area contributed by atoms with Gasteiger partial charge in [0.15, 0.2) is 11.6 Å². The number of rotatable bonds is 3. The molecule has 72 valence electrons. The van der Waals surface area contributed by atoms with Gasteiger partial charge in [0.25, 0.3) is 0 Å². The van der Waals surface area contributed by atoms with Crippen LogP contribution in [0.25, 0.3) is 0 Å². The van der Waals surface area contributed by atoms with Gasteiger partial charge < -0.3 is 4.74 Å². The lowest BCUT2D eigenvalue weighted by Crippen LogP contribution is -1.98. The van der Waals surface area contributed by atoms with Crippen LogP contribution in [0.5, 0.6) is 5.75 Å². The summed E-state index contributed by atoms with van der Waals surface area (Å²) in [6.07, 6.45) is 2.46. The van der Waals surface area contributed by atoms with Crippen molar-refractivity contribution in [3.63, 3.8) is 0 Å². The van der Waals surface area contributed by atoms with Crippen LogP contribution >= 0.6 is 0 Å². The molecule has 3 heteroatoms. The maximum absolute atomic E-state index is 13.3. The first-order valence-corrected chi connectivity index (χ1v) is 4.61. The summed E-state index contributed by atoms with van der Waals surface area (Å²) in [6.45, 7) is 0. The Hall–Kier alpha value is -1.56. The molecule has 0 amide bonds. The Morgan fingerprint density at radius 2 is 2.29 bits per heavy atom. The van der Waals surface area contributed by atoms with Crippen LogP contribution in [0, 0.1) is 17.1 Å². The number of nitriles is 1. The van der Waals surface area contributed by atoms with Gasteiger partial charge in [-0.25, -0.2) is 4.39 Å². The van der Waals surface area contributed by atoms with Crippen molar-refractivity contribution in [2.45, 2.75) is 25.4 Å². The van der Waals surface area contributed by atoms with Crippen molar-refractivity contribution in [3.8, 4) is 11.8 Å². The minimum atomic E-state index is -0.371. The molecule has 0 aromatic heterocycles. The highest BCUT2D eigenvalue weighted by Crippen LogP contribution is 2.28. The molecule has 0 N–H and O–H groups in total. The SMILES string of the molecule is N#CCc1ccc(OC2CC2)c(F)c1. The molecule has 1 fully saturated rings. The molecule has 0 heterocycles. The molecule has 0 radical (unpaired) electrons. The summed E-state index contributed by atoms with van der Waals surface area (Å²) in [5.41, 5.74) is 0.688. The Kier molecular flexibility index (Phi) is 2.36. The van der Waals surface area contributed by atoms with Crippen molar-refractivity contribution in [2.75, 3.05) is 0 Å². The fraction of sp³-hybridized carbons (Fsp3) is 0.364. The molecule has 1 saturated carbocycles. The molecule has 1 aromatic rings. The lowest BCUT2D eigenvalue weighted by atomic mass is 10.1. The standard InChI is InChI=1S/C11H10FNO/c12-10-7-8(5-6-13)1-4-11(10)14-9-2-3-9/h1,4,7,9H,2-3,5H2. The first-order chi connectivity index (χ1) is 6.79. The summed E-state index contributed by atoms with van der Waals surface area (Å²) < 4.78 is 18.7. The predicted molar refractivity (Wildman–Crippen MR) is 49.4 cm³/mol. The summed E-state index contributed by atoms with van der Waals surface area (Å²) in [5, 5.41) is 8.43. The molecule has 2 nitrogen and oxygen atoms in total. The van der Waals surface area contributed by atoms with Gasteiger partial charge in [0.05, 0.1) is 18.6 Å². The Balaban J connectivity index is 2.13. The minimum absolute atomic E-state index is 0.200. The Morgan fingerprint density at radius 3 is 2.86 bits per heavy atom. The van der Waals surface area contributed by atoms with Crippen LogP contribution in [0.4, 0.5) is 4.39 Å². The number of benzene rings is 1. The van der Waals surface area contributed by atoms with Crippen LogP contribution in [0.3, 0.4) is 0 Å². The van der Waals surface area contributed by atoms with Gasteiger partial charge in [-0.1, -0.05) is 6.07 Å². The number of nitrogens with zero attached hydrogens (tertiary/aromatic N) is 1.